The molecule has 0 aromatic heterocycles. The van der Waals surface area contributed by atoms with Gasteiger partial charge in [0.25, 0.3) is 15.9 Å². The van der Waals surface area contributed by atoms with Crippen molar-refractivity contribution < 1.29 is 37.1 Å². The highest BCUT2D eigenvalue weighted by atomic mass is 35.5. The fourth-order valence-electron chi connectivity index (χ4n) is 8.16. The summed E-state index contributed by atoms with van der Waals surface area (Å²) < 4.78 is 40.6. The smallest absolute Gasteiger partial charge is 0.408 e. The summed E-state index contributed by atoms with van der Waals surface area (Å²) in [6.45, 7) is 0.0601. The fraction of sp³-hybridized carbons (Fsp3) is 0.463. The first kappa shape index (κ1) is 38.6. The second-order valence-electron chi connectivity index (χ2n) is 15.1. The summed E-state index contributed by atoms with van der Waals surface area (Å²) in [5.41, 5.74) is 0.0880. The van der Waals surface area contributed by atoms with E-state index in [2.05, 4.69) is 15.4 Å². The number of amides is 4. The fourth-order valence-corrected chi connectivity index (χ4v) is 9.40. The number of fused-ring (bicyclic) bond motifs is 3. The summed E-state index contributed by atoms with van der Waals surface area (Å²) in [4.78, 5) is 57.8. The largest absolute Gasteiger partial charge is 0.457 e. The third-order valence-corrected chi connectivity index (χ3v) is 12.9. The number of benzene rings is 3. The van der Waals surface area contributed by atoms with Crippen LogP contribution in [0.5, 0.6) is 11.5 Å². The number of hydrogen-bond acceptors (Lipinski definition) is 8. The van der Waals surface area contributed by atoms with Gasteiger partial charge in [-0.2, -0.15) is 0 Å². The van der Waals surface area contributed by atoms with Gasteiger partial charge in [0.05, 0.1) is 4.90 Å². The van der Waals surface area contributed by atoms with Crippen LogP contribution in [0.2, 0.25) is 5.02 Å². The number of carbonyl (C=O) groups is 4. The van der Waals surface area contributed by atoms with Gasteiger partial charge in [0.2, 0.25) is 11.8 Å². The predicted molar refractivity (Wildman–Crippen MR) is 205 cm³/mol. The van der Waals surface area contributed by atoms with Crippen molar-refractivity contribution in [3.63, 3.8) is 0 Å². The molecule has 1 unspecified atom stereocenters. The first-order chi connectivity index (χ1) is 26.5. The number of ether oxygens (including phenoxy) is 2. The van der Waals surface area contributed by atoms with E-state index in [0.717, 1.165) is 62.5 Å². The normalized spacial score (nSPS) is 24.8. The summed E-state index contributed by atoms with van der Waals surface area (Å²) >= 11 is 6.18. The quantitative estimate of drug-likeness (QED) is 0.243. The predicted octanol–water partition coefficient (Wildman–Crippen LogP) is 6.55. The number of nitrogens with zero attached hydrogens (tertiary/aromatic N) is 1. The highest BCUT2D eigenvalue weighted by Crippen LogP contribution is 2.48. The van der Waals surface area contributed by atoms with E-state index in [9.17, 15) is 27.6 Å². The molecule has 2 aliphatic heterocycles. The Balaban J connectivity index is 1.19. The SMILES string of the molecule is O=C(N[C@H]1CCCCCCC[C@@H]2C[C@@]2(C(=O)NS(=O)(=O)c2ccccc2)NC(=O)C2Cc3cc(Oc4cccc(Cl)c4)ccc3CN2C1=O)OC1CCCC1. The van der Waals surface area contributed by atoms with Crippen molar-refractivity contribution in [1.29, 1.82) is 0 Å². The Morgan fingerprint density at radius 3 is 2.29 bits per heavy atom. The van der Waals surface area contributed by atoms with E-state index in [1.165, 1.54) is 17.0 Å². The van der Waals surface area contributed by atoms with Gasteiger partial charge in [-0.3, -0.25) is 14.4 Å². The van der Waals surface area contributed by atoms with Crippen LogP contribution < -0.4 is 20.1 Å². The van der Waals surface area contributed by atoms with Crippen LogP contribution in [0.15, 0.2) is 77.7 Å². The van der Waals surface area contributed by atoms with E-state index in [1.807, 2.05) is 12.1 Å². The number of sulfonamides is 1. The molecule has 55 heavy (non-hydrogen) atoms. The molecule has 2 heterocycles. The van der Waals surface area contributed by atoms with Gasteiger partial charge < -0.3 is 25.0 Å². The zero-order valence-corrected chi connectivity index (χ0v) is 32.2. The molecule has 2 saturated carbocycles. The Kier molecular flexibility index (Phi) is 11.7. The number of alkyl carbamates (subject to hydrolysis) is 1. The maximum absolute atomic E-state index is 14.6. The Hall–Kier alpha value is -4.62. The van der Waals surface area contributed by atoms with E-state index < -0.39 is 51.5 Å². The van der Waals surface area contributed by atoms with Crippen LogP contribution in [0.4, 0.5) is 4.79 Å². The highest BCUT2D eigenvalue weighted by Gasteiger charge is 2.62. The van der Waals surface area contributed by atoms with Crippen molar-refractivity contribution in [2.24, 2.45) is 5.92 Å². The topological polar surface area (TPSA) is 160 Å². The molecule has 2 aliphatic carbocycles. The van der Waals surface area contributed by atoms with Gasteiger partial charge in [-0.25, -0.2) is 17.9 Å². The van der Waals surface area contributed by atoms with Gasteiger partial charge in [0.1, 0.15) is 35.2 Å². The van der Waals surface area contributed by atoms with Crippen LogP contribution in [0.3, 0.4) is 0 Å². The Morgan fingerprint density at radius 2 is 1.53 bits per heavy atom. The molecule has 4 atom stereocenters. The molecular formula is C41H47ClN4O8S. The summed E-state index contributed by atoms with van der Waals surface area (Å²) in [6.07, 6.45) is 8.06. The second kappa shape index (κ2) is 16.6. The third kappa shape index (κ3) is 9.10. The molecule has 292 valence electrons. The molecule has 3 N–H and O–H groups in total. The van der Waals surface area contributed by atoms with E-state index >= 15 is 0 Å². The van der Waals surface area contributed by atoms with Crippen LogP contribution in [0.1, 0.15) is 88.2 Å². The number of nitrogens with one attached hydrogen (secondary N) is 3. The summed E-state index contributed by atoms with van der Waals surface area (Å²) in [5, 5.41) is 6.31. The summed E-state index contributed by atoms with van der Waals surface area (Å²) in [7, 11) is -4.23. The lowest BCUT2D eigenvalue weighted by atomic mass is 9.91. The second-order valence-corrected chi connectivity index (χ2v) is 17.3. The lowest BCUT2D eigenvalue weighted by Gasteiger charge is -2.39. The van der Waals surface area contributed by atoms with Gasteiger partial charge >= 0.3 is 6.09 Å². The van der Waals surface area contributed by atoms with Gasteiger partial charge in [0, 0.05) is 18.0 Å². The van der Waals surface area contributed by atoms with Gasteiger partial charge in [0.15, 0.2) is 0 Å². The maximum atomic E-state index is 14.6. The minimum atomic E-state index is -4.23. The molecule has 0 bridgehead atoms. The Morgan fingerprint density at radius 1 is 0.818 bits per heavy atom. The Bertz CT molecular complexity index is 2020. The first-order valence-corrected chi connectivity index (χ1v) is 21.1. The number of rotatable bonds is 7. The van der Waals surface area contributed by atoms with Crippen molar-refractivity contribution in [3.8, 4) is 11.5 Å². The van der Waals surface area contributed by atoms with Crippen molar-refractivity contribution in [1.82, 2.24) is 20.3 Å². The van der Waals surface area contributed by atoms with E-state index in [4.69, 9.17) is 21.1 Å². The molecule has 3 aromatic rings. The molecule has 0 radical (unpaired) electrons. The van der Waals surface area contributed by atoms with Crippen molar-refractivity contribution in [2.75, 3.05) is 0 Å². The van der Waals surface area contributed by atoms with Crippen LogP contribution >= 0.6 is 11.6 Å². The molecule has 12 nitrogen and oxygen atoms in total. The monoisotopic (exact) mass is 790 g/mol. The molecule has 3 fully saturated rings. The van der Waals surface area contributed by atoms with Crippen LogP contribution in [0, 0.1) is 5.92 Å². The number of hydrogen-bond donors (Lipinski definition) is 3. The first-order valence-electron chi connectivity index (χ1n) is 19.3. The molecule has 4 amide bonds. The molecule has 3 aromatic carbocycles. The molecule has 4 aliphatic rings. The molecule has 1 saturated heterocycles. The Labute approximate surface area is 326 Å². The van der Waals surface area contributed by atoms with E-state index in [0.29, 0.717) is 35.8 Å². The molecule has 0 spiro atoms. The molecule has 7 rings (SSSR count). The number of carbonyl (C=O) groups excluding carboxylic acids is 4. The van der Waals surface area contributed by atoms with Crippen molar-refractivity contribution in [3.05, 3.63) is 88.9 Å². The number of halogens is 1. The van der Waals surface area contributed by atoms with Crippen molar-refractivity contribution in [2.45, 2.75) is 119 Å². The molecule has 14 heteroatoms. The average Bonchev–Trinajstić information content (AvgIpc) is 3.61. The van der Waals surface area contributed by atoms with Crippen molar-refractivity contribution >= 4 is 45.4 Å². The lowest BCUT2D eigenvalue weighted by molar-refractivity contribution is -0.144. The van der Waals surface area contributed by atoms with Crippen LogP contribution in [-0.4, -0.2) is 60.9 Å². The molecular weight excluding hydrogens is 744 g/mol. The van der Waals surface area contributed by atoms with E-state index in [-0.39, 0.29) is 36.3 Å². The average molecular weight is 791 g/mol. The zero-order chi connectivity index (χ0) is 38.6. The summed E-state index contributed by atoms with van der Waals surface area (Å²) in [6, 6.07) is 18.0. The lowest BCUT2D eigenvalue weighted by Crippen LogP contribution is -2.61. The van der Waals surface area contributed by atoms with Gasteiger partial charge in [-0.05, 0) is 104 Å². The standard InChI is InChI=1S/C41H47ClN4O8S/c42-30-13-11-16-32(24-30)53-33-21-20-27-26-46-36(23-28(27)22-33)37(47)44-41(39(49)45-55(51,52)34-17-6-4-7-18-34)25-29(41)12-5-2-1-3-8-19-35(38(46)48)43-40(50)54-31-14-9-10-15-31/h4,6-7,11,13,16-18,20-22,24,29,31,35-36H,1-3,5,8-10,12,14-15,19,23,25-26H2,(H,43,50)(H,44,47)(H,45,49)/t29-,35+,36?,41-/m1/s1. The zero-order valence-electron chi connectivity index (χ0n) is 30.6. The van der Waals surface area contributed by atoms with E-state index in [1.54, 1.807) is 48.5 Å². The highest BCUT2D eigenvalue weighted by molar-refractivity contribution is 7.90. The minimum Gasteiger partial charge on any atom is -0.457 e. The van der Waals surface area contributed by atoms with Crippen LogP contribution in [-0.2, 0) is 42.1 Å². The van der Waals surface area contributed by atoms with Gasteiger partial charge in [-0.15, -0.1) is 0 Å². The van der Waals surface area contributed by atoms with Gasteiger partial charge in [-0.1, -0.05) is 74.0 Å². The maximum Gasteiger partial charge on any atom is 0.408 e. The van der Waals surface area contributed by atoms with Crippen LogP contribution in [0.25, 0.3) is 0 Å². The summed E-state index contributed by atoms with van der Waals surface area (Å²) in [5.74, 6) is -1.07. The minimum absolute atomic E-state index is 0.0601. The third-order valence-electron chi connectivity index (χ3n) is 11.3.